The molecule has 7 nitrogen and oxygen atoms in total. The Morgan fingerprint density at radius 3 is 3.00 bits per heavy atom. The third kappa shape index (κ3) is 2.41. The third-order valence-corrected chi connectivity index (χ3v) is 3.56. The SMILES string of the molecule is O=C(O)c1cc(F)cnc1Sc1nnnn1C1CC1. The fourth-order valence-corrected chi connectivity index (χ4v) is 2.44. The minimum atomic E-state index is -1.24. The molecule has 0 aliphatic heterocycles. The normalized spacial score (nSPS) is 14.6. The highest BCUT2D eigenvalue weighted by Crippen LogP contribution is 2.38. The van der Waals surface area contributed by atoms with Gasteiger partial charge >= 0.3 is 5.97 Å². The lowest BCUT2D eigenvalue weighted by atomic mass is 10.3. The van der Waals surface area contributed by atoms with Crippen LogP contribution in [0.25, 0.3) is 0 Å². The summed E-state index contributed by atoms with van der Waals surface area (Å²) in [5.41, 5.74) is -0.199. The molecule has 0 radical (unpaired) electrons. The van der Waals surface area contributed by atoms with E-state index >= 15 is 0 Å². The van der Waals surface area contributed by atoms with Crippen molar-refractivity contribution < 1.29 is 14.3 Å². The van der Waals surface area contributed by atoms with Crippen LogP contribution < -0.4 is 0 Å². The second-order valence-electron chi connectivity index (χ2n) is 4.05. The number of carboxylic acid groups (broad SMARTS) is 1. The van der Waals surface area contributed by atoms with Gasteiger partial charge in [-0.15, -0.1) is 5.10 Å². The van der Waals surface area contributed by atoms with Crippen molar-refractivity contribution in [2.24, 2.45) is 0 Å². The summed E-state index contributed by atoms with van der Waals surface area (Å²) in [7, 11) is 0. The minimum absolute atomic E-state index is 0.172. The number of aromatic carboxylic acids is 1. The van der Waals surface area contributed by atoms with Crippen molar-refractivity contribution in [1.29, 1.82) is 0 Å². The molecule has 2 aromatic heterocycles. The van der Waals surface area contributed by atoms with E-state index in [9.17, 15) is 9.18 Å². The van der Waals surface area contributed by atoms with E-state index in [1.54, 1.807) is 4.68 Å². The summed E-state index contributed by atoms with van der Waals surface area (Å²) in [6.07, 6.45) is 2.97. The molecule has 0 amide bonds. The number of rotatable bonds is 4. The average Bonchev–Trinajstić information content (AvgIpc) is 3.12. The molecule has 98 valence electrons. The summed E-state index contributed by atoms with van der Waals surface area (Å²) in [6, 6.07) is 1.20. The summed E-state index contributed by atoms with van der Waals surface area (Å²) in [5, 5.41) is 20.9. The van der Waals surface area contributed by atoms with Gasteiger partial charge in [0.2, 0.25) is 5.16 Å². The van der Waals surface area contributed by atoms with Gasteiger partial charge in [-0.25, -0.2) is 18.9 Å². The third-order valence-electron chi connectivity index (χ3n) is 2.59. The Hall–Kier alpha value is -2.03. The average molecular weight is 281 g/mol. The van der Waals surface area contributed by atoms with Crippen molar-refractivity contribution >= 4 is 17.7 Å². The second kappa shape index (κ2) is 4.57. The molecule has 1 fully saturated rings. The van der Waals surface area contributed by atoms with E-state index < -0.39 is 11.8 Å². The van der Waals surface area contributed by atoms with E-state index in [1.807, 2.05) is 0 Å². The number of nitrogens with zero attached hydrogens (tertiary/aromatic N) is 5. The van der Waals surface area contributed by atoms with Gasteiger partial charge < -0.3 is 5.11 Å². The van der Waals surface area contributed by atoms with Gasteiger partial charge in [-0.05, 0) is 41.1 Å². The molecule has 3 rings (SSSR count). The molecule has 1 N–H and O–H groups in total. The predicted molar refractivity (Wildman–Crippen MR) is 61.4 cm³/mol. The van der Waals surface area contributed by atoms with Crippen LogP contribution in [0.4, 0.5) is 4.39 Å². The lowest BCUT2D eigenvalue weighted by molar-refractivity contribution is 0.0691. The summed E-state index contributed by atoms with van der Waals surface area (Å²) >= 11 is 1.02. The van der Waals surface area contributed by atoms with E-state index in [2.05, 4.69) is 20.5 Å². The van der Waals surface area contributed by atoms with Gasteiger partial charge in [0.15, 0.2) is 0 Å². The van der Waals surface area contributed by atoms with Crippen LogP contribution in [0.3, 0.4) is 0 Å². The standard InChI is InChI=1S/C10H8FN5O2S/c11-5-3-7(9(17)18)8(12-4-5)19-10-13-14-15-16(10)6-1-2-6/h3-4,6H,1-2H2,(H,17,18). The molecule has 0 unspecified atom stereocenters. The molecule has 0 aromatic carbocycles. The highest BCUT2D eigenvalue weighted by Gasteiger charge is 2.29. The highest BCUT2D eigenvalue weighted by molar-refractivity contribution is 7.99. The van der Waals surface area contributed by atoms with Gasteiger partial charge in [0.05, 0.1) is 17.8 Å². The van der Waals surface area contributed by atoms with Crippen molar-refractivity contribution in [2.75, 3.05) is 0 Å². The lowest BCUT2D eigenvalue weighted by Gasteiger charge is -2.04. The first kappa shape index (κ1) is 12.0. The molecule has 0 bridgehead atoms. The van der Waals surface area contributed by atoms with Crippen LogP contribution in [0.2, 0.25) is 0 Å². The zero-order chi connectivity index (χ0) is 13.4. The number of aromatic nitrogens is 5. The Bertz CT molecular complexity index is 643. The van der Waals surface area contributed by atoms with Crippen molar-refractivity contribution in [3.63, 3.8) is 0 Å². The van der Waals surface area contributed by atoms with Crippen LogP contribution >= 0.6 is 11.8 Å². The molecule has 2 heterocycles. The van der Waals surface area contributed by atoms with Gasteiger partial charge in [-0.3, -0.25) is 0 Å². The van der Waals surface area contributed by atoms with E-state index in [1.165, 1.54) is 0 Å². The maximum Gasteiger partial charge on any atom is 0.338 e. The van der Waals surface area contributed by atoms with Crippen molar-refractivity contribution in [1.82, 2.24) is 25.2 Å². The minimum Gasteiger partial charge on any atom is -0.478 e. The monoisotopic (exact) mass is 281 g/mol. The molecule has 0 saturated heterocycles. The Morgan fingerprint density at radius 1 is 1.53 bits per heavy atom. The molecular formula is C10H8FN5O2S. The van der Waals surface area contributed by atoms with Crippen LogP contribution in [0.5, 0.6) is 0 Å². The van der Waals surface area contributed by atoms with Gasteiger partial charge in [-0.2, -0.15) is 0 Å². The first-order valence-corrected chi connectivity index (χ1v) is 6.31. The van der Waals surface area contributed by atoms with Crippen LogP contribution in [0.15, 0.2) is 22.4 Å². The summed E-state index contributed by atoms with van der Waals surface area (Å²) in [4.78, 5) is 14.8. The first-order chi connectivity index (χ1) is 9.15. The Kier molecular flexibility index (Phi) is 2.90. The van der Waals surface area contributed by atoms with E-state index in [4.69, 9.17) is 5.11 Å². The molecule has 0 atom stereocenters. The van der Waals surface area contributed by atoms with Crippen molar-refractivity contribution in [2.45, 2.75) is 29.1 Å². The van der Waals surface area contributed by atoms with Crippen molar-refractivity contribution in [3.05, 3.63) is 23.6 Å². The number of tetrazole rings is 1. The van der Waals surface area contributed by atoms with E-state index in [0.29, 0.717) is 5.16 Å². The zero-order valence-electron chi connectivity index (χ0n) is 9.52. The Morgan fingerprint density at radius 2 is 2.32 bits per heavy atom. The number of carboxylic acids is 1. The van der Waals surface area contributed by atoms with Gasteiger partial charge in [-0.1, -0.05) is 0 Å². The number of hydrogen-bond acceptors (Lipinski definition) is 6. The second-order valence-corrected chi connectivity index (χ2v) is 5.01. The fourth-order valence-electron chi connectivity index (χ4n) is 1.55. The summed E-state index contributed by atoms with van der Waals surface area (Å²) < 4.78 is 14.7. The zero-order valence-corrected chi connectivity index (χ0v) is 10.3. The fraction of sp³-hybridized carbons (Fsp3) is 0.300. The maximum absolute atomic E-state index is 13.0. The van der Waals surface area contributed by atoms with Crippen LogP contribution in [-0.4, -0.2) is 36.3 Å². The number of hydrogen-bond donors (Lipinski definition) is 1. The Labute approximate surface area is 110 Å². The molecule has 1 aliphatic carbocycles. The summed E-state index contributed by atoms with van der Waals surface area (Å²) in [5.74, 6) is -1.93. The molecule has 1 aliphatic rings. The number of halogens is 1. The smallest absolute Gasteiger partial charge is 0.338 e. The predicted octanol–water partition coefficient (Wildman–Crippen LogP) is 1.39. The van der Waals surface area contributed by atoms with E-state index in [0.717, 1.165) is 36.9 Å². The van der Waals surface area contributed by atoms with Gasteiger partial charge in [0, 0.05) is 0 Å². The molecule has 0 spiro atoms. The topological polar surface area (TPSA) is 93.8 Å². The van der Waals surface area contributed by atoms with Gasteiger partial charge in [0.1, 0.15) is 10.8 Å². The number of carbonyl (C=O) groups is 1. The summed E-state index contributed by atoms with van der Waals surface area (Å²) in [6.45, 7) is 0. The van der Waals surface area contributed by atoms with Gasteiger partial charge in [0.25, 0.3) is 0 Å². The maximum atomic E-state index is 13.0. The largest absolute Gasteiger partial charge is 0.478 e. The number of pyridine rings is 1. The molecule has 1 saturated carbocycles. The molecule has 19 heavy (non-hydrogen) atoms. The Balaban J connectivity index is 1.94. The quantitative estimate of drug-likeness (QED) is 0.904. The van der Waals surface area contributed by atoms with Crippen LogP contribution in [0.1, 0.15) is 29.2 Å². The molecule has 9 heteroatoms. The molecular weight excluding hydrogens is 273 g/mol. The first-order valence-electron chi connectivity index (χ1n) is 5.49. The van der Waals surface area contributed by atoms with Crippen LogP contribution in [-0.2, 0) is 0 Å². The van der Waals surface area contributed by atoms with Crippen molar-refractivity contribution in [3.8, 4) is 0 Å². The van der Waals surface area contributed by atoms with Crippen LogP contribution in [0, 0.1) is 5.82 Å². The lowest BCUT2D eigenvalue weighted by Crippen LogP contribution is -2.04. The highest BCUT2D eigenvalue weighted by atomic mass is 32.2. The molecule has 2 aromatic rings. The van der Waals surface area contributed by atoms with E-state index in [-0.39, 0.29) is 16.6 Å².